The van der Waals surface area contributed by atoms with Crippen molar-refractivity contribution in [2.24, 2.45) is 0 Å². The Morgan fingerprint density at radius 1 is 1.35 bits per heavy atom. The van der Waals surface area contributed by atoms with Crippen LogP contribution in [-0.2, 0) is 6.54 Å². The molecule has 5 heteroatoms. The van der Waals surface area contributed by atoms with Crippen molar-refractivity contribution in [1.29, 1.82) is 0 Å². The van der Waals surface area contributed by atoms with Crippen LogP contribution in [0.3, 0.4) is 0 Å². The summed E-state index contributed by atoms with van der Waals surface area (Å²) in [6.07, 6.45) is 0. The number of hydrogen-bond acceptors (Lipinski definition) is 4. The predicted octanol–water partition coefficient (Wildman–Crippen LogP) is 2.31. The lowest BCUT2D eigenvalue weighted by atomic mass is 10.1. The van der Waals surface area contributed by atoms with E-state index in [9.17, 15) is 0 Å². The zero-order valence-corrected chi connectivity index (χ0v) is 13.3. The van der Waals surface area contributed by atoms with Crippen LogP contribution in [0.1, 0.15) is 19.4 Å². The van der Waals surface area contributed by atoms with Crippen LogP contribution >= 0.6 is 12.4 Å². The number of piperazine rings is 1. The first-order valence-corrected chi connectivity index (χ1v) is 6.98. The molecular formula is C15H25ClN2O2. The van der Waals surface area contributed by atoms with E-state index < -0.39 is 0 Å². The third-order valence-corrected chi connectivity index (χ3v) is 3.39. The van der Waals surface area contributed by atoms with Gasteiger partial charge < -0.3 is 14.8 Å². The van der Waals surface area contributed by atoms with Crippen molar-refractivity contribution < 1.29 is 9.47 Å². The number of ether oxygens (including phenoxy) is 2. The molecule has 0 amide bonds. The van der Waals surface area contributed by atoms with E-state index in [2.05, 4.69) is 29.3 Å². The van der Waals surface area contributed by atoms with Crippen molar-refractivity contribution in [1.82, 2.24) is 10.2 Å². The Balaban J connectivity index is 0.00000200. The largest absolute Gasteiger partial charge is 0.493 e. The number of hydrogen-bond donors (Lipinski definition) is 1. The standard InChI is InChI=1S/C15H24N2O2.ClH/c1-4-19-15-9-13(5-6-14(15)18-3)11-17-8-7-16-12(2)10-17;/h5-6,9,12,16H,4,7-8,10-11H2,1-3H3;1H/t12-;/m1./s1. The molecule has 114 valence electrons. The summed E-state index contributed by atoms with van der Waals surface area (Å²) in [5, 5.41) is 3.46. The summed E-state index contributed by atoms with van der Waals surface area (Å²) >= 11 is 0. The van der Waals surface area contributed by atoms with Gasteiger partial charge in [-0.15, -0.1) is 12.4 Å². The first-order chi connectivity index (χ1) is 9.22. The van der Waals surface area contributed by atoms with Gasteiger partial charge in [0.2, 0.25) is 0 Å². The van der Waals surface area contributed by atoms with Gasteiger partial charge in [-0.3, -0.25) is 4.90 Å². The van der Waals surface area contributed by atoms with Crippen LogP contribution in [0.2, 0.25) is 0 Å². The number of benzene rings is 1. The molecular weight excluding hydrogens is 276 g/mol. The molecule has 1 N–H and O–H groups in total. The van der Waals surface area contributed by atoms with Crippen molar-refractivity contribution in [2.45, 2.75) is 26.4 Å². The molecule has 2 rings (SSSR count). The monoisotopic (exact) mass is 300 g/mol. The average molecular weight is 301 g/mol. The number of halogens is 1. The fourth-order valence-corrected chi connectivity index (χ4v) is 2.50. The maximum atomic E-state index is 5.62. The normalized spacial score (nSPS) is 19.2. The van der Waals surface area contributed by atoms with Crippen LogP contribution < -0.4 is 14.8 Å². The Morgan fingerprint density at radius 3 is 2.80 bits per heavy atom. The summed E-state index contributed by atoms with van der Waals surface area (Å²) in [5.41, 5.74) is 1.28. The SMILES string of the molecule is CCOc1cc(CN2CCN[C@H](C)C2)ccc1OC.Cl. The molecule has 1 saturated heterocycles. The maximum absolute atomic E-state index is 5.62. The van der Waals surface area contributed by atoms with Crippen LogP contribution in [0.5, 0.6) is 11.5 Å². The Hall–Kier alpha value is -0.970. The Bertz CT molecular complexity index is 415. The predicted molar refractivity (Wildman–Crippen MR) is 84.2 cm³/mol. The Morgan fingerprint density at radius 2 is 2.15 bits per heavy atom. The molecule has 0 aliphatic carbocycles. The summed E-state index contributed by atoms with van der Waals surface area (Å²) in [7, 11) is 1.68. The van der Waals surface area contributed by atoms with E-state index >= 15 is 0 Å². The topological polar surface area (TPSA) is 33.7 Å². The van der Waals surface area contributed by atoms with E-state index in [0.29, 0.717) is 12.6 Å². The van der Waals surface area contributed by atoms with Crippen LogP contribution in [-0.4, -0.2) is 44.3 Å². The molecule has 4 nitrogen and oxygen atoms in total. The van der Waals surface area contributed by atoms with E-state index in [1.807, 2.05) is 13.0 Å². The third-order valence-electron chi connectivity index (χ3n) is 3.39. The summed E-state index contributed by atoms with van der Waals surface area (Å²) < 4.78 is 10.9. The highest BCUT2D eigenvalue weighted by molar-refractivity contribution is 5.85. The van der Waals surface area contributed by atoms with Gasteiger partial charge in [-0.2, -0.15) is 0 Å². The molecule has 20 heavy (non-hydrogen) atoms. The lowest BCUT2D eigenvalue weighted by molar-refractivity contribution is 0.199. The number of methoxy groups -OCH3 is 1. The lowest BCUT2D eigenvalue weighted by Crippen LogP contribution is -2.48. The molecule has 1 heterocycles. The highest BCUT2D eigenvalue weighted by atomic mass is 35.5. The molecule has 1 aromatic carbocycles. The molecule has 1 aromatic rings. The summed E-state index contributed by atoms with van der Waals surface area (Å²) in [4.78, 5) is 2.47. The van der Waals surface area contributed by atoms with Gasteiger partial charge >= 0.3 is 0 Å². The number of nitrogens with zero attached hydrogens (tertiary/aromatic N) is 1. The molecule has 1 aliphatic rings. The Kier molecular flexibility index (Phi) is 7.13. The van der Waals surface area contributed by atoms with Crippen molar-refractivity contribution in [3.05, 3.63) is 23.8 Å². The van der Waals surface area contributed by atoms with Crippen molar-refractivity contribution in [2.75, 3.05) is 33.4 Å². The second-order valence-corrected chi connectivity index (χ2v) is 5.01. The molecule has 0 spiro atoms. The van der Waals surface area contributed by atoms with Crippen LogP contribution in [0, 0.1) is 0 Å². The minimum Gasteiger partial charge on any atom is -0.493 e. The second-order valence-electron chi connectivity index (χ2n) is 5.01. The van der Waals surface area contributed by atoms with Gasteiger partial charge in [0, 0.05) is 32.2 Å². The summed E-state index contributed by atoms with van der Waals surface area (Å²) in [6, 6.07) is 6.77. The van der Waals surface area contributed by atoms with Gasteiger partial charge in [-0.05, 0) is 31.5 Å². The molecule has 0 bridgehead atoms. The Labute approximate surface area is 127 Å². The van der Waals surface area contributed by atoms with Crippen molar-refractivity contribution in [3.63, 3.8) is 0 Å². The van der Waals surface area contributed by atoms with E-state index in [0.717, 1.165) is 37.7 Å². The van der Waals surface area contributed by atoms with Crippen LogP contribution in [0.15, 0.2) is 18.2 Å². The summed E-state index contributed by atoms with van der Waals surface area (Å²) in [6.45, 7) is 9.10. The van der Waals surface area contributed by atoms with E-state index in [4.69, 9.17) is 9.47 Å². The van der Waals surface area contributed by atoms with Crippen LogP contribution in [0.25, 0.3) is 0 Å². The van der Waals surface area contributed by atoms with Gasteiger partial charge in [0.15, 0.2) is 11.5 Å². The van der Waals surface area contributed by atoms with E-state index in [1.54, 1.807) is 7.11 Å². The highest BCUT2D eigenvalue weighted by Gasteiger charge is 2.16. The quantitative estimate of drug-likeness (QED) is 0.905. The van der Waals surface area contributed by atoms with Gasteiger partial charge in [0.05, 0.1) is 13.7 Å². The van der Waals surface area contributed by atoms with E-state index in [1.165, 1.54) is 5.56 Å². The van der Waals surface area contributed by atoms with Crippen molar-refractivity contribution in [3.8, 4) is 11.5 Å². The lowest BCUT2D eigenvalue weighted by Gasteiger charge is -2.31. The molecule has 1 aliphatic heterocycles. The third kappa shape index (κ3) is 4.54. The van der Waals surface area contributed by atoms with Gasteiger partial charge in [0.1, 0.15) is 0 Å². The average Bonchev–Trinajstić information content (AvgIpc) is 2.39. The maximum Gasteiger partial charge on any atom is 0.161 e. The fourth-order valence-electron chi connectivity index (χ4n) is 2.50. The second kappa shape index (κ2) is 8.35. The van der Waals surface area contributed by atoms with Crippen molar-refractivity contribution >= 4 is 12.4 Å². The van der Waals surface area contributed by atoms with E-state index in [-0.39, 0.29) is 12.4 Å². The smallest absolute Gasteiger partial charge is 0.161 e. The molecule has 0 aromatic heterocycles. The highest BCUT2D eigenvalue weighted by Crippen LogP contribution is 2.28. The fraction of sp³-hybridized carbons (Fsp3) is 0.600. The zero-order valence-electron chi connectivity index (χ0n) is 12.5. The zero-order chi connectivity index (χ0) is 13.7. The molecule has 1 atom stereocenters. The van der Waals surface area contributed by atoms with Gasteiger partial charge in [0.25, 0.3) is 0 Å². The minimum atomic E-state index is 0. The first kappa shape index (κ1) is 17.1. The van der Waals surface area contributed by atoms with Gasteiger partial charge in [-0.1, -0.05) is 6.07 Å². The summed E-state index contributed by atoms with van der Waals surface area (Å²) in [5.74, 6) is 1.64. The van der Waals surface area contributed by atoms with Gasteiger partial charge in [-0.25, -0.2) is 0 Å². The first-order valence-electron chi connectivity index (χ1n) is 6.98. The molecule has 1 fully saturated rings. The molecule has 0 unspecified atom stereocenters. The minimum absolute atomic E-state index is 0. The molecule has 0 saturated carbocycles. The number of nitrogens with one attached hydrogen (secondary N) is 1. The number of rotatable bonds is 5. The molecule has 0 radical (unpaired) electrons. The van der Waals surface area contributed by atoms with Crippen LogP contribution in [0.4, 0.5) is 0 Å².